The second kappa shape index (κ2) is 5.32. The summed E-state index contributed by atoms with van der Waals surface area (Å²) in [6.45, 7) is 3.82. The molecule has 2 nitrogen and oxygen atoms in total. The van der Waals surface area contributed by atoms with Crippen molar-refractivity contribution in [2.75, 3.05) is 33.3 Å². The molecule has 1 rings (SSSR count). The van der Waals surface area contributed by atoms with E-state index in [9.17, 15) is 0 Å². The van der Waals surface area contributed by atoms with Crippen molar-refractivity contribution in [1.29, 1.82) is 0 Å². The third-order valence-corrected chi connectivity index (χ3v) is 2.54. The molecule has 0 unspecified atom stereocenters. The van der Waals surface area contributed by atoms with E-state index in [-0.39, 0.29) is 24.0 Å². The number of likely N-dealkylation sites (tertiary alicyclic amines) is 1. The Morgan fingerprint density at radius 1 is 1.18 bits per heavy atom. The minimum atomic E-state index is 0. The van der Waals surface area contributed by atoms with Crippen molar-refractivity contribution in [1.82, 2.24) is 0 Å². The van der Waals surface area contributed by atoms with Crippen LogP contribution in [0.4, 0.5) is 0 Å². The molecule has 11 heavy (non-hydrogen) atoms. The maximum atomic E-state index is 8.77. The quantitative estimate of drug-likeness (QED) is 0.439. The molecule has 0 aromatic heterocycles. The molecule has 0 aromatic rings. The van der Waals surface area contributed by atoms with Crippen LogP contribution in [0.15, 0.2) is 0 Å². The minimum absolute atomic E-state index is 0. The average Bonchev–Trinajstić information content (AvgIpc) is 1.89. The number of rotatable bonds is 2. The predicted molar refractivity (Wildman–Crippen MR) is 41.7 cm³/mol. The number of halogens is 1. The van der Waals surface area contributed by atoms with Gasteiger partial charge in [-0.15, -0.1) is 0 Å². The summed E-state index contributed by atoms with van der Waals surface area (Å²) in [5.41, 5.74) is 0. The van der Waals surface area contributed by atoms with Crippen LogP contribution < -0.4 is 24.0 Å². The highest BCUT2D eigenvalue weighted by molar-refractivity contribution is 4.50. The smallest absolute Gasteiger partial charge is 0.102 e. The lowest BCUT2D eigenvalue weighted by atomic mass is 10.1. The summed E-state index contributed by atoms with van der Waals surface area (Å²) in [6.07, 6.45) is 4.08. The normalized spacial score (nSPS) is 22.4. The van der Waals surface area contributed by atoms with Crippen molar-refractivity contribution in [2.24, 2.45) is 0 Å². The van der Waals surface area contributed by atoms with Crippen LogP contribution in [0.25, 0.3) is 0 Å². The van der Waals surface area contributed by atoms with Crippen LogP contribution in [-0.4, -0.2) is 42.9 Å². The fourth-order valence-corrected chi connectivity index (χ4v) is 1.74. The highest BCUT2D eigenvalue weighted by Crippen LogP contribution is 2.14. The van der Waals surface area contributed by atoms with Gasteiger partial charge < -0.3 is 33.6 Å². The average molecular weight is 271 g/mol. The predicted octanol–water partition coefficient (Wildman–Crippen LogP) is -2.39. The van der Waals surface area contributed by atoms with Crippen molar-refractivity contribution < 1.29 is 33.6 Å². The van der Waals surface area contributed by atoms with Crippen molar-refractivity contribution in [3.63, 3.8) is 0 Å². The van der Waals surface area contributed by atoms with E-state index < -0.39 is 0 Å². The van der Waals surface area contributed by atoms with E-state index in [1.165, 1.54) is 32.4 Å². The Balaban J connectivity index is 0.000001000. The lowest BCUT2D eigenvalue weighted by molar-refractivity contribution is -0.914. The summed E-state index contributed by atoms with van der Waals surface area (Å²) in [4.78, 5) is 0. The minimum Gasteiger partial charge on any atom is -1.00 e. The third-order valence-electron chi connectivity index (χ3n) is 2.54. The van der Waals surface area contributed by atoms with E-state index in [0.29, 0.717) is 6.61 Å². The van der Waals surface area contributed by atoms with E-state index in [1.807, 2.05) is 0 Å². The number of aliphatic hydroxyl groups excluding tert-OH is 1. The van der Waals surface area contributed by atoms with Gasteiger partial charge in [-0.1, -0.05) is 0 Å². The van der Waals surface area contributed by atoms with Gasteiger partial charge in [0.25, 0.3) is 0 Å². The highest BCUT2D eigenvalue weighted by Gasteiger charge is 2.23. The van der Waals surface area contributed by atoms with Gasteiger partial charge >= 0.3 is 0 Å². The Hall–Kier alpha value is 0.650. The molecule has 1 aliphatic rings. The van der Waals surface area contributed by atoms with Crippen LogP contribution in [0.5, 0.6) is 0 Å². The van der Waals surface area contributed by atoms with Gasteiger partial charge in [-0.05, 0) is 19.3 Å². The SMILES string of the molecule is C[N+]1(CCO)CCCCC1.[I-]. The summed E-state index contributed by atoms with van der Waals surface area (Å²) < 4.78 is 1.09. The lowest BCUT2D eigenvalue weighted by Gasteiger charge is -2.37. The zero-order valence-electron chi connectivity index (χ0n) is 7.22. The first kappa shape index (κ1) is 11.6. The summed E-state index contributed by atoms with van der Waals surface area (Å²) in [6, 6.07) is 0. The summed E-state index contributed by atoms with van der Waals surface area (Å²) in [5, 5.41) is 8.77. The lowest BCUT2D eigenvalue weighted by Crippen LogP contribution is -3.00. The fraction of sp³-hybridized carbons (Fsp3) is 1.00. The van der Waals surface area contributed by atoms with Gasteiger partial charge in [0, 0.05) is 0 Å². The van der Waals surface area contributed by atoms with Gasteiger partial charge in [-0.25, -0.2) is 0 Å². The Bertz CT molecular complexity index is 96.8. The second-order valence-corrected chi connectivity index (χ2v) is 3.57. The van der Waals surface area contributed by atoms with Crippen LogP contribution in [0, 0.1) is 0 Å². The first-order valence-corrected chi connectivity index (χ1v) is 4.21. The van der Waals surface area contributed by atoms with E-state index in [4.69, 9.17) is 5.11 Å². The van der Waals surface area contributed by atoms with Crippen LogP contribution in [0.2, 0.25) is 0 Å². The molecule has 0 aromatic carbocycles. The number of hydrogen-bond acceptors (Lipinski definition) is 1. The van der Waals surface area contributed by atoms with Crippen molar-refractivity contribution in [3.8, 4) is 0 Å². The van der Waals surface area contributed by atoms with Gasteiger partial charge in [-0.2, -0.15) is 0 Å². The molecule has 0 amide bonds. The topological polar surface area (TPSA) is 20.2 Å². The molecule has 68 valence electrons. The molecule has 3 heteroatoms. The molecule has 0 saturated carbocycles. The number of piperidine rings is 1. The largest absolute Gasteiger partial charge is 1.00 e. The molecule has 1 aliphatic heterocycles. The van der Waals surface area contributed by atoms with Gasteiger partial charge in [0.2, 0.25) is 0 Å². The Kier molecular flexibility index (Phi) is 5.64. The first-order valence-electron chi connectivity index (χ1n) is 4.21. The van der Waals surface area contributed by atoms with E-state index in [2.05, 4.69) is 7.05 Å². The van der Waals surface area contributed by atoms with Crippen LogP contribution in [0.1, 0.15) is 19.3 Å². The maximum Gasteiger partial charge on any atom is 0.102 e. The number of nitrogens with zero attached hydrogens (tertiary/aromatic N) is 1. The van der Waals surface area contributed by atoms with Crippen molar-refractivity contribution >= 4 is 0 Å². The zero-order valence-corrected chi connectivity index (χ0v) is 9.38. The van der Waals surface area contributed by atoms with Gasteiger partial charge in [0.05, 0.1) is 26.7 Å². The third kappa shape index (κ3) is 3.71. The van der Waals surface area contributed by atoms with Crippen LogP contribution in [-0.2, 0) is 0 Å². The van der Waals surface area contributed by atoms with E-state index >= 15 is 0 Å². The van der Waals surface area contributed by atoms with Gasteiger partial charge in [-0.3, -0.25) is 0 Å². The van der Waals surface area contributed by atoms with Crippen molar-refractivity contribution in [2.45, 2.75) is 19.3 Å². The van der Waals surface area contributed by atoms with Crippen molar-refractivity contribution in [3.05, 3.63) is 0 Å². The molecule has 0 aliphatic carbocycles. The zero-order chi connectivity index (χ0) is 7.45. The van der Waals surface area contributed by atoms with E-state index in [0.717, 1.165) is 11.0 Å². The summed E-state index contributed by atoms with van der Waals surface area (Å²) in [5.74, 6) is 0. The van der Waals surface area contributed by atoms with Crippen LogP contribution in [0.3, 0.4) is 0 Å². The number of quaternary nitrogens is 1. The summed E-state index contributed by atoms with van der Waals surface area (Å²) in [7, 11) is 2.25. The highest BCUT2D eigenvalue weighted by atomic mass is 127. The Labute approximate surface area is 86.2 Å². The number of hydrogen-bond donors (Lipinski definition) is 1. The molecule has 1 heterocycles. The molecule has 0 bridgehead atoms. The Morgan fingerprint density at radius 2 is 1.73 bits per heavy atom. The maximum absolute atomic E-state index is 8.77. The molecule has 1 fully saturated rings. The molecule has 0 spiro atoms. The van der Waals surface area contributed by atoms with E-state index in [1.54, 1.807) is 0 Å². The van der Waals surface area contributed by atoms with Crippen LogP contribution >= 0.6 is 0 Å². The van der Waals surface area contributed by atoms with Gasteiger partial charge in [0.1, 0.15) is 6.54 Å². The second-order valence-electron chi connectivity index (χ2n) is 3.57. The summed E-state index contributed by atoms with van der Waals surface area (Å²) >= 11 is 0. The molecular formula is C8H18INO. The first-order chi connectivity index (χ1) is 4.77. The Morgan fingerprint density at radius 3 is 2.18 bits per heavy atom. The molecule has 1 N–H and O–H groups in total. The molecule has 1 saturated heterocycles. The molecule has 0 radical (unpaired) electrons. The standard InChI is InChI=1S/C8H18NO.HI/c1-9(7-8-10)5-3-2-4-6-9;/h10H,2-8H2,1H3;1H/q+1;/p-1. The number of aliphatic hydroxyl groups is 1. The fourth-order valence-electron chi connectivity index (χ4n) is 1.74. The number of likely N-dealkylation sites (N-methyl/N-ethyl adjacent to an activating group) is 1. The monoisotopic (exact) mass is 271 g/mol. The van der Waals surface area contributed by atoms with Gasteiger partial charge in [0.15, 0.2) is 0 Å². The molecular weight excluding hydrogens is 253 g/mol. The molecule has 0 atom stereocenters.